The van der Waals surface area contributed by atoms with Gasteiger partial charge in [-0.1, -0.05) is 50.2 Å². The van der Waals surface area contributed by atoms with E-state index in [2.05, 4.69) is 93.7 Å². The molecule has 1 aliphatic rings. The number of hydrogen-bond donors (Lipinski definition) is 1. The molecule has 0 spiro atoms. The lowest BCUT2D eigenvalue weighted by Gasteiger charge is -2.30. The molecule has 4 rings (SSSR count). The van der Waals surface area contributed by atoms with Crippen LogP contribution >= 0.6 is 0 Å². The fraction of sp³-hybridized carbons (Fsp3) is 0.280. The summed E-state index contributed by atoms with van der Waals surface area (Å²) in [5.41, 5.74) is 10.8. The Bertz CT molecular complexity index is 943. The third-order valence-corrected chi connectivity index (χ3v) is 5.99. The highest BCUT2D eigenvalue weighted by Gasteiger charge is 2.40. The highest BCUT2D eigenvalue weighted by molar-refractivity contribution is 5.83. The zero-order valence-corrected chi connectivity index (χ0v) is 16.2. The Morgan fingerprint density at radius 3 is 2.04 bits per heavy atom. The molecule has 0 saturated heterocycles. The number of fused-ring (bicyclic) bond motifs is 3. The van der Waals surface area contributed by atoms with Crippen LogP contribution in [-0.4, -0.2) is 0 Å². The van der Waals surface area contributed by atoms with Gasteiger partial charge in [-0.2, -0.15) is 0 Å². The molecule has 0 aliphatic heterocycles. The lowest BCUT2D eigenvalue weighted by molar-refractivity contribution is 0.490. The van der Waals surface area contributed by atoms with Crippen molar-refractivity contribution in [3.63, 3.8) is 0 Å². The molecule has 1 aliphatic carbocycles. The van der Waals surface area contributed by atoms with Crippen LogP contribution in [0.4, 0.5) is 11.4 Å². The monoisotopic (exact) mass is 341 g/mol. The summed E-state index contributed by atoms with van der Waals surface area (Å²) in [4.78, 5) is 0. The number of rotatable bonds is 4. The van der Waals surface area contributed by atoms with E-state index in [1.807, 2.05) is 0 Å². The van der Waals surface area contributed by atoms with E-state index in [1.54, 1.807) is 0 Å². The van der Waals surface area contributed by atoms with Crippen LogP contribution in [0.5, 0.6) is 0 Å². The van der Waals surface area contributed by atoms with Crippen LogP contribution in [0.1, 0.15) is 48.9 Å². The van der Waals surface area contributed by atoms with E-state index in [0.29, 0.717) is 0 Å². The maximum atomic E-state index is 3.63. The molecule has 26 heavy (non-hydrogen) atoms. The van der Waals surface area contributed by atoms with Crippen molar-refractivity contribution < 1.29 is 0 Å². The SMILES string of the molecule is CCC1(CC)c2ccccc2-c2ccc(Nc3cc(C)cc(C)c3)cc21. The summed E-state index contributed by atoms with van der Waals surface area (Å²) >= 11 is 0. The van der Waals surface area contributed by atoms with E-state index in [4.69, 9.17) is 0 Å². The predicted molar refractivity (Wildman–Crippen MR) is 112 cm³/mol. The molecular formula is C25H27N. The molecule has 132 valence electrons. The topological polar surface area (TPSA) is 12.0 Å². The van der Waals surface area contributed by atoms with Gasteiger partial charge in [0.25, 0.3) is 0 Å². The largest absolute Gasteiger partial charge is 0.356 e. The zero-order valence-electron chi connectivity index (χ0n) is 16.2. The van der Waals surface area contributed by atoms with Crippen LogP contribution in [-0.2, 0) is 5.41 Å². The third kappa shape index (κ3) is 2.54. The molecule has 0 saturated carbocycles. The Morgan fingerprint density at radius 2 is 1.35 bits per heavy atom. The van der Waals surface area contributed by atoms with Crippen molar-refractivity contribution in [1.29, 1.82) is 0 Å². The van der Waals surface area contributed by atoms with Gasteiger partial charge in [0.15, 0.2) is 0 Å². The molecule has 0 aromatic heterocycles. The minimum Gasteiger partial charge on any atom is -0.356 e. The minimum atomic E-state index is 0.131. The van der Waals surface area contributed by atoms with Crippen LogP contribution in [0.15, 0.2) is 60.7 Å². The highest BCUT2D eigenvalue weighted by Crippen LogP contribution is 2.53. The molecule has 0 fully saturated rings. The predicted octanol–water partition coefficient (Wildman–Crippen LogP) is 7.13. The van der Waals surface area contributed by atoms with Crippen molar-refractivity contribution >= 4 is 11.4 Å². The summed E-state index contributed by atoms with van der Waals surface area (Å²) in [6.07, 6.45) is 2.25. The standard InChI is InChI=1S/C25H27N/c1-5-25(6-2)23-10-8-7-9-21(23)22-12-11-19(16-24(22)25)26-20-14-17(3)13-18(4)15-20/h7-16,26H,5-6H2,1-4H3. The van der Waals surface area contributed by atoms with Gasteiger partial charge in [-0.25, -0.2) is 0 Å². The lowest BCUT2D eigenvalue weighted by atomic mass is 9.74. The maximum absolute atomic E-state index is 3.63. The smallest absolute Gasteiger partial charge is 0.0389 e. The van der Waals surface area contributed by atoms with Gasteiger partial charge in [-0.05, 0) is 84.3 Å². The van der Waals surface area contributed by atoms with Gasteiger partial charge in [-0.3, -0.25) is 0 Å². The van der Waals surface area contributed by atoms with E-state index in [0.717, 1.165) is 18.5 Å². The summed E-state index contributed by atoms with van der Waals surface area (Å²) in [5.74, 6) is 0. The Kier molecular flexibility index (Phi) is 4.11. The molecular weight excluding hydrogens is 314 g/mol. The summed E-state index contributed by atoms with van der Waals surface area (Å²) in [7, 11) is 0. The summed E-state index contributed by atoms with van der Waals surface area (Å²) in [6.45, 7) is 8.94. The molecule has 0 bridgehead atoms. The van der Waals surface area contributed by atoms with Crippen molar-refractivity contribution in [2.75, 3.05) is 5.32 Å². The van der Waals surface area contributed by atoms with Crippen LogP contribution in [0, 0.1) is 13.8 Å². The molecule has 3 aromatic rings. The van der Waals surface area contributed by atoms with E-state index in [1.165, 1.54) is 39.1 Å². The first-order valence-electron chi connectivity index (χ1n) is 9.67. The minimum absolute atomic E-state index is 0.131. The Morgan fingerprint density at radius 1 is 0.692 bits per heavy atom. The molecule has 1 nitrogen and oxygen atoms in total. The summed E-state index contributed by atoms with van der Waals surface area (Å²) in [5, 5.41) is 3.63. The molecule has 1 heteroatoms. The van der Waals surface area contributed by atoms with Gasteiger partial charge < -0.3 is 5.32 Å². The molecule has 3 aromatic carbocycles. The van der Waals surface area contributed by atoms with Gasteiger partial charge in [0.05, 0.1) is 0 Å². The summed E-state index contributed by atoms with van der Waals surface area (Å²) < 4.78 is 0. The summed E-state index contributed by atoms with van der Waals surface area (Å²) in [6, 6.07) is 22.5. The van der Waals surface area contributed by atoms with Gasteiger partial charge in [0.2, 0.25) is 0 Å². The van der Waals surface area contributed by atoms with Crippen LogP contribution < -0.4 is 5.32 Å². The maximum Gasteiger partial charge on any atom is 0.0389 e. The average Bonchev–Trinajstić information content (AvgIpc) is 2.90. The Labute approximate surface area is 157 Å². The zero-order chi connectivity index (χ0) is 18.3. The number of anilines is 2. The van der Waals surface area contributed by atoms with Crippen molar-refractivity contribution in [2.45, 2.75) is 46.0 Å². The molecule has 0 radical (unpaired) electrons. The first-order chi connectivity index (χ1) is 12.6. The first kappa shape index (κ1) is 16.9. The average molecular weight is 341 g/mol. The fourth-order valence-electron chi connectivity index (χ4n) is 4.76. The van der Waals surface area contributed by atoms with E-state index >= 15 is 0 Å². The number of aryl methyl sites for hydroxylation is 2. The Hall–Kier alpha value is -2.54. The fourth-order valence-corrected chi connectivity index (χ4v) is 4.76. The van der Waals surface area contributed by atoms with Crippen molar-refractivity contribution in [3.05, 3.63) is 82.9 Å². The number of benzene rings is 3. The Balaban J connectivity index is 1.81. The second kappa shape index (κ2) is 6.32. The lowest BCUT2D eigenvalue weighted by Crippen LogP contribution is -2.23. The normalized spacial score (nSPS) is 14.0. The molecule has 0 unspecified atom stereocenters. The molecule has 0 heterocycles. The number of hydrogen-bond acceptors (Lipinski definition) is 1. The second-order valence-corrected chi connectivity index (χ2v) is 7.60. The molecule has 1 N–H and O–H groups in total. The van der Waals surface area contributed by atoms with Gasteiger partial charge in [0.1, 0.15) is 0 Å². The van der Waals surface area contributed by atoms with Gasteiger partial charge >= 0.3 is 0 Å². The van der Waals surface area contributed by atoms with Crippen LogP contribution in [0.25, 0.3) is 11.1 Å². The third-order valence-electron chi connectivity index (χ3n) is 5.99. The van der Waals surface area contributed by atoms with Crippen molar-refractivity contribution in [2.24, 2.45) is 0 Å². The van der Waals surface area contributed by atoms with E-state index in [-0.39, 0.29) is 5.41 Å². The van der Waals surface area contributed by atoms with Crippen molar-refractivity contribution in [3.8, 4) is 11.1 Å². The van der Waals surface area contributed by atoms with Crippen LogP contribution in [0.2, 0.25) is 0 Å². The van der Waals surface area contributed by atoms with E-state index in [9.17, 15) is 0 Å². The van der Waals surface area contributed by atoms with Crippen molar-refractivity contribution in [1.82, 2.24) is 0 Å². The van der Waals surface area contributed by atoms with Gasteiger partial charge in [0, 0.05) is 16.8 Å². The van der Waals surface area contributed by atoms with E-state index < -0.39 is 0 Å². The van der Waals surface area contributed by atoms with Crippen LogP contribution in [0.3, 0.4) is 0 Å². The first-order valence-corrected chi connectivity index (χ1v) is 9.67. The van der Waals surface area contributed by atoms with Gasteiger partial charge in [-0.15, -0.1) is 0 Å². The molecule has 0 amide bonds. The second-order valence-electron chi connectivity index (χ2n) is 7.60. The quantitative estimate of drug-likeness (QED) is 0.532. The molecule has 0 atom stereocenters. The number of nitrogens with one attached hydrogen (secondary N) is 1. The highest BCUT2D eigenvalue weighted by atomic mass is 14.9.